The van der Waals surface area contributed by atoms with E-state index in [0.29, 0.717) is 0 Å². The highest BCUT2D eigenvalue weighted by molar-refractivity contribution is 8.00. The average Bonchev–Trinajstić information content (AvgIpc) is 2.93. The van der Waals surface area contributed by atoms with Crippen LogP contribution in [0.5, 0.6) is 0 Å². The molecule has 1 N–H and O–H groups in total. The van der Waals surface area contributed by atoms with Crippen LogP contribution in [-0.2, 0) is 4.79 Å². The number of hydrogen-bond donors (Lipinski definition) is 1. The van der Waals surface area contributed by atoms with Gasteiger partial charge in [0.1, 0.15) is 11.7 Å². The molecule has 2 heterocycles. The smallest absolute Gasteiger partial charge is 0.147 e. The summed E-state index contributed by atoms with van der Waals surface area (Å²) < 4.78 is 0. The maximum atomic E-state index is 9.92. The molecule has 4 heteroatoms. The predicted octanol–water partition coefficient (Wildman–Crippen LogP) is 2.08. The molecule has 1 saturated heterocycles. The zero-order chi connectivity index (χ0) is 11.9. The second kappa shape index (κ2) is 6.37. The molecule has 0 amide bonds. The number of hydrogen-bond acceptors (Lipinski definition) is 4. The number of carbonyl (C=O) groups excluding carboxylic acids is 1. The Kier molecular flexibility index (Phi) is 4.53. The molecule has 1 aromatic carbocycles. The van der Waals surface area contributed by atoms with E-state index in [0.717, 1.165) is 24.1 Å². The summed E-state index contributed by atoms with van der Waals surface area (Å²) in [5, 5.41) is 4.28. The van der Waals surface area contributed by atoms with Crippen LogP contribution in [-0.4, -0.2) is 28.9 Å². The molecule has 1 aliphatic heterocycles. The molecule has 0 spiro atoms. The van der Waals surface area contributed by atoms with Gasteiger partial charge in [0, 0.05) is 23.9 Å². The van der Waals surface area contributed by atoms with E-state index in [1.165, 1.54) is 5.39 Å². The minimum Gasteiger partial charge on any atom is -0.301 e. The lowest BCUT2D eigenvalue weighted by molar-refractivity contribution is -0.107. The third kappa shape index (κ3) is 3.54. The standard InChI is InChI=1S/C9H7N.C4H7NOS/c1-2-6-9-8(4-1)5-3-7-10-9;6-3-4-5-1-2-7-4/h1-7H;3-5H,1-2H2. The lowest BCUT2D eigenvalue weighted by atomic mass is 10.2. The molecule has 1 aliphatic rings. The van der Waals surface area contributed by atoms with Gasteiger partial charge in [0.15, 0.2) is 0 Å². The molecule has 88 valence electrons. The van der Waals surface area contributed by atoms with Crippen LogP contribution >= 0.6 is 11.8 Å². The monoisotopic (exact) mass is 246 g/mol. The molecule has 1 unspecified atom stereocenters. The summed E-state index contributed by atoms with van der Waals surface area (Å²) in [6.45, 7) is 0.980. The number of aldehydes is 1. The SMILES string of the molecule is O=CC1NCCS1.c1ccc2ncccc2c1. The van der Waals surface area contributed by atoms with Crippen molar-refractivity contribution in [3.63, 3.8) is 0 Å². The molecule has 1 atom stereocenters. The van der Waals surface area contributed by atoms with Crippen molar-refractivity contribution in [2.75, 3.05) is 12.3 Å². The van der Waals surface area contributed by atoms with E-state index in [2.05, 4.69) is 22.4 Å². The molecule has 2 aromatic rings. The zero-order valence-electron chi connectivity index (χ0n) is 9.37. The van der Waals surface area contributed by atoms with Crippen molar-refractivity contribution in [3.05, 3.63) is 42.6 Å². The third-order valence-corrected chi connectivity index (χ3v) is 3.46. The minimum absolute atomic E-state index is 0.0833. The van der Waals surface area contributed by atoms with Crippen molar-refractivity contribution in [2.45, 2.75) is 5.37 Å². The van der Waals surface area contributed by atoms with E-state index in [1.54, 1.807) is 11.8 Å². The lowest BCUT2D eigenvalue weighted by Gasteiger charge is -1.93. The fourth-order valence-electron chi connectivity index (χ4n) is 1.55. The lowest BCUT2D eigenvalue weighted by Crippen LogP contribution is -2.20. The van der Waals surface area contributed by atoms with Gasteiger partial charge in [0.25, 0.3) is 0 Å². The Morgan fingerprint density at radius 1 is 1.29 bits per heavy atom. The van der Waals surface area contributed by atoms with Crippen LogP contribution in [0.4, 0.5) is 0 Å². The summed E-state index contributed by atoms with van der Waals surface area (Å²) in [5.41, 5.74) is 1.06. The van der Waals surface area contributed by atoms with Crippen molar-refractivity contribution in [1.82, 2.24) is 10.3 Å². The van der Waals surface area contributed by atoms with Gasteiger partial charge in [-0.1, -0.05) is 24.3 Å². The van der Waals surface area contributed by atoms with Crippen LogP contribution in [0.25, 0.3) is 10.9 Å². The molecule has 1 aromatic heterocycles. The highest BCUT2D eigenvalue weighted by Crippen LogP contribution is 2.09. The van der Waals surface area contributed by atoms with Gasteiger partial charge in [-0.25, -0.2) is 0 Å². The Bertz CT molecular complexity index is 418. The van der Waals surface area contributed by atoms with Crippen molar-refractivity contribution in [1.29, 1.82) is 0 Å². The Hall–Kier alpha value is -1.39. The van der Waals surface area contributed by atoms with Gasteiger partial charge in [-0.15, -0.1) is 11.8 Å². The molecule has 0 bridgehead atoms. The largest absolute Gasteiger partial charge is 0.301 e. The van der Waals surface area contributed by atoms with Gasteiger partial charge in [-0.3, -0.25) is 10.3 Å². The Balaban J connectivity index is 0.000000136. The van der Waals surface area contributed by atoms with E-state index in [-0.39, 0.29) is 5.37 Å². The first-order chi connectivity index (χ1) is 8.40. The van der Waals surface area contributed by atoms with Gasteiger partial charge < -0.3 is 4.79 Å². The molecular weight excluding hydrogens is 232 g/mol. The Labute approximate surface area is 105 Å². The maximum absolute atomic E-state index is 9.92. The summed E-state index contributed by atoms with van der Waals surface area (Å²) >= 11 is 1.66. The van der Waals surface area contributed by atoms with E-state index in [4.69, 9.17) is 0 Å². The predicted molar refractivity (Wildman–Crippen MR) is 72.1 cm³/mol. The van der Waals surface area contributed by atoms with Crippen molar-refractivity contribution in [2.24, 2.45) is 0 Å². The molecule has 3 rings (SSSR count). The number of pyridine rings is 1. The Morgan fingerprint density at radius 2 is 2.12 bits per heavy atom. The minimum atomic E-state index is 0.0833. The number of nitrogens with one attached hydrogen (secondary N) is 1. The first-order valence-electron chi connectivity index (χ1n) is 5.50. The van der Waals surface area contributed by atoms with Gasteiger partial charge in [-0.2, -0.15) is 0 Å². The molecule has 3 nitrogen and oxygen atoms in total. The fourth-order valence-corrected chi connectivity index (χ4v) is 2.35. The number of para-hydroxylation sites is 1. The van der Waals surface area contributed by atoms with Crippen LogP contribution < -0.4 is 5.32 Å². The van der Waals surface area contributed by atoms with E-state index >= 15 is 0 Å². The second-order valence-corrected chi connectivity index (χ2v) is 4.83. The third-order valence-electron chi connectivity index (χ3n) is 2.38. The quantitative estimate of drug-likeness (QED) is 0.782. The number of carbonyl (C=O) groups is 1. The molecule has 1 fully saturated rings. The summed E-state index contributed by atoms with van der Waals surface area (Å²) in [6.07, 6.45) is 2.75. The maximum Gasteiger partial charge on any atom is 0.147 e. The molecule has 0 radical (unpaired) electrons. The van der Waals surface area contributed by atoms with E-state index in [9.17, 15) is 4.79 Å². The van der Waals surface area contributed by atoms with Crippen LogP contribution in [0.3, 0.4) is 0 Å². The zero-order valence-corrected chi connectivity index (χ0v) is 10.2. The van der Waals surface area contributed by atoms with Gasteiger partial charge in [0.2, 0.25) is 0 Å². The van der Waals surface area contributed by atoms with Crippen molar-refractivity contribution >= 4 is 29.0 Å². The topological polar surface area (TPSA) is 42.0 Å². The number of thioether (sulfide) groups is 1. The van der Waals surface area contributed by atoms with E-state index in [1.807, 2.05) is 30.5 Å². The number of benzene rings is 1. The molecular formula is C13H14N2OS. The summed E-state index contributed by atoms with van der Waals surface area (Å²) in [6, 6.07) is 12.1. The van der Waals surface area contributed by atoms with Crippen molar-refractivity contribution < 1.29 is 4.79 Å². The normalized spacial score (nSPS) is 18.5. The first kappa shape index (κ1) is 12.1. The number of nitrogens with zero attached hydrogens (tertiary/aromatic N) is 1. The molecule has 17 heavy (non-hydrogen) atoms. The highest BCUT2D eigenvalue weighted by Gasteiger charge is 2.11. The number of rotatable bonds is 1. The number of fused-ring (bicyclic) bond motifs is 1. The van der Waals surface area contributed by atoms with Crippen LogP contribution in [0.2, 0.25) is 0 Å². The van der Waals surface area contributed by atoms with Crippen LogP contribution in [0.15, 0.2) is 42.6 Å². The fraction of sp³-hybridized carbons (Fsp3) is 0.231. The average molecular weight is 246 g/mol. The van der Waals surface area contributed by atoms with Crippen LogP contribution in [0.1, 0.15) is 0 Å². The summed E-state index contributed by atoms with van der Waals surface area (Å²) in [5.74, 6) is 1.07. The van der Waals surface area contributed by atoms with Gasteiger partial charge in [-0.05, 0) is 12.1 Å². The van der Waals surface area contributed by atoms with Gasteiger partial charge in [0.05, 0.1) is 5.52 Å². The first-order valence-corrected chi connectivity index (χ1v) is 6.55. The summed E-state index contributed by atoms with van der Waals surface area (Å²) in [7, 11) is 0. The number of aromatic nitrogens is 1. The van der Waals surface area contributed by atoms with Crippen LogP contribution in [0, 0.1) is 0 Å². The second-order valence-electron chi connectivity index (χ2n) is 3.58. The van der Waals surface area contributed by atoms with Crippen molar-refractivity contribution in [3.8, 4) is 0 Å². The van der Waals surface area contributed by atoms with Gasteiger partial charge >= 0.3 is 0 Å². The molecule has 0 saturated carbocycles. The Morgan fingerprint density at radius 3 is 2.76 bits per heavy atom. The summed E-state index contributed by atoms with van der Waals surface area (Å²) in [4.78, 5) is 14.1. The molecule has 0 aliphatic carbocycles. The van der Waals surface area contributed by atoms with E-state index < -0.39 is 0 Å². The highest BCUT2D eigenvalue weighted by atomic mass is 32.2.